The molecule has 0 radical (unpaired) electrons. The van der Waals surface area contributed by atoms with Crippen molar-refractivity contribution in [1.82, 2.24) is 0 Å². The first-order chi connectivity index (χ1) is 8.19. The number of rotatable bonds is 5. The second-order valence-corrected chi connectivity index (χ2v) is 5.12. The summed E-state index contributed by atoms with van der Waals surface area (Å²) in [5.74, 6) is 0.751. The molecule has 1 aromatic carbocycles. The molecule has 0 saturated heterocycles. The highest BCUT2D eigenvalue weighted by Gasteiger charge is 2.36. The SMILES string of the molecule is COc1ccc(NCC2(CO)CCC2)c(Cl)c1. The molecule has 17 heavy (non-hydrogen) atoms. The Labute approximate surface area is 107 Å². The molecule has 0 amide bonds. The van der Waals surface area contributed by atoms with Crippen LogP contribution in [0.25, 0.3) is 0 Å². The Morgan fingerprint density at radius 3 is 2.71 bits per heavy atom. The monoisotopic (exact) mass is 255 g/mol. The van der Waals surface area contributed by atoms with Gasteiger partial charge in [-0.05, 0) is 25.0 Å². The van der Waals surface area contributed by atoms with E-state index >= 15 is 0 Å². The molecule has 1 saturated carbocycles. The summed E-state index contributed by atoms with van der Waals surface area (Å²) in [6.45, 7) is 1.02. The molecule has 2 rings (SSSR count). The molecule has 3 nitrogen and oxygen atoms in total. The summed E-state index contributed by atoms with van der Waals surface area (Å²) < 4.78 is 5.10. The molecule has 1 aliphatic rings. The minimum atomic E-state index is 0.0588. The summed E-state index contributed by atoms with van der Waals surface area (Å²) in [5, 5.41) is 13.3. The van der Waals surface area contributed by atoms with Crippen LogP contribution in [0.4, 0.5) is 5.69 Å². The van der Waals surface area contributed by atoms with Gasteiger partial charge in [0.25, 0.3) is 0 Å². The average Bonchev–Trinajstić information content (AvgIpc) is 2.30. The third kappa shape index (κ3) is 2.67. The molecule has 1 aromatic rings. The van der Waals surface area contributed by atoms with Crippen LogP contribution < -0.4 is 10.1 Å². The van der Waals surface area contributed by atoms with E-state index in [4.69, 9.17) is 16.3 Å². The lowest BCUT2D eigenvalue weighted by Crippen LogP contribution is -2.39. The first-order valence-corrected chi connectivity index (χ1v) is 6.25. The van der Waals surface area contributed by atoms with Crippen LogP contribution in [-0.2, 0) is 0 Å². The van der Waals surface area contributed by atoms with Gasteiger partial charge in [0.1, 0.15) is 5.75 Å². The molecule has 0 atom stereocenters. The lowest BCUT2D eigenvalue weighted by Gasteiger charge is -2.40. The average molecular weight is 256 g/mol. The molecule has 1 aliphatic carbocycles. The molecule has 2 N–H and O–H groups in total. The van der Waals surface area contributed by atoms with E-state index in [1.807, 2.05) is 12.1 Å². The fourth-order valence-electron chi connectivity index (χ4n) is 2.12. The van der Waals surface area contributed by atoms with E-state index in [0.29, 0.717) is 5.02 Å². The molecule has 0 aliphatic heterocycles. The van der Waals surface area contributed by atoms with Gasteiger partial charge in [0.15, 0.2) is 0 Å². The van der Waals surface area contributed by atoms with E-state index in [-0.39, 0.29) is 12.0 Å². The number of aliphatic hydroxyl groups excluding tert-OH is 1. The van der Waals surface area contributed by atoms with Crippen molar-refractivity contribution in [2.75, 3.05) is 25.6 Å². The van der Waals surface area contributed by atoms with E-state index in [9.17, 15) is 5.11 Å². The van der Waals surface area contributed by atoms with Crippen LogP contribution in [0.2, 0.25) is 5.02 Å². The number of ether oxygens (including phenoxy) is 1. The van der Waals surface area contributed by atoms with E-state index in [0.717, 1.165) is 30.8 Å². The van der Waals surface area contributed by atoms with Gasteiger partial charge in [-0.1, -0.05) is 18.0 Å². The Morgan fingerprint density at radius 1 is 1.47 bits per heavy atom. The number of halogens is 1. The number of hydrogen-bond acceptors (Lipinski definition) is 3. The number of hydrogen-bond donors (Lipinski definition) is 2. The zero-order valence-corrected chi connectivity index (χ0v) is 10.8. The number of methoxy groups -OCH3 is 1. The van der Waals surface area contributed by atoms with Crippen LogP contribution in [0.1, 0.15) is 19.3 Å². The molecule has 0 aromatic heterocycles. The van der Waals surface area contributed by atoms with Crippen molar-refractivity contribution in [3.05, 3.63) is 23.2 Å². The van der Waals surface area contributed by atoms with Gasteiger partial charge in [-0.25, -0.2) is 0 Å². The molecular formula is C13H18ClNO2. The second-order valence-electron chi connectivity index (χ2n) is 4.71. The van der Waals surface area contributed by atoms with Crippen molar-refractivity contribution in [2.45, 2.75) is 19.3 Å². The van der Waals surface area contributed by atoms with Crippen molar-refractivity contribution in [3.8, 4) is 5.75 Å². The Bertz CT molecular complexity index is 385. The topological polar surface area (TPSA) is 41.5 Å². The van der Waals surface area contributed by atoms with Crippen LogP contribution >= 0.6 is 11.6 Å². The lowest BCUT2D eigenvalue weighted by atomic mass is 9.69. The maximum Gasteiger partial charge on any atom is 0.120 e. The zero-order chi connectivity index (χ0) is 12.3. The highest BCUT2D eigenvalue weighted by atomic mass is 35.5. The number of nitrogens with one attached hydrogen (secondary N) is 1. The van der Waals surface area contributed by atoms with E-state index in [2.05, 4.69) is 5.32 Å². The second kappa shape index (κ2) is 5.15. The smallest absolute Gasteiger partial charge is 0.120 e. The number of anilines is 1. The van der Waals surface area contributed by atoms with Crippen molar-refractivity contribution >= 4 is 17.3 Å². The van der Waals surface area contributed by atoms with Gasteiger partial charge in [-0.15, -0.1) is 0 Å². The van der Waals surface area contributed by atoms with Crippen LogP contribution in [0.15, 0.2) is 18.2 Å². The van der Waals surface area contributed by atoms with Gasteiger partial charge >= 0.3 is 0 Å². The first-order valence-electron chi connectivity index (χ1n) is 5.87. The van der Waals surface area contributed by atoms with E-state index in [1.165, 1.54) is 6.42 Å². The molecule has 0 heterocycles. The summed E-state index contributed by atoms with van der Waals surface area (Å²) >= 11 is 6.14. The summed E-state index contributed by atoms with van der Waals surface area (Å²) in [7, 11) is 1.62. The van der Waals surface area contributed by atoms with E-state index < -0.39 is 0 Å². The summed E-state index contributed by atoms with van der Waals surface area (Å²) in [6.07, 6.45) is 3.38. The molecule has 1 fully saturated rings. The predicted molar refractivity (Wildman–Crippen MR) is 69.9 cm³/mol. The van der Waals surface area contributed by atoms with Crippen LogP contribution in [-0.4, -0.2) is 25.4 Å². The van der Waals surface area contributed by atoms with Crippen LogP contribution in [0.3, 0.4) is 0 Å². The highest BCUT2D eigenvalue weighted by molar-refractivity contribution is 6.33. The standard InChI is InChI=1S/C13H18ClNO2/c1-17-10-3-4-12(11(14)7-10)15-8-13(9-16)5-2-6-13/h3-4,7,15-16H,2,5-6,8-9H2,1H3. The molecule has 0 bridgehead atoms. The minimum absolute atomic E-state index is 0.0588. The zero-order valence-electron chi connectivity index (χ0n) is 10.0. The molecular weight excluding hydrogens is 238 g/mol. The Balaban J connectivity index is 1.99. The normalized spacial score (nSPS) is 17.4. The van der Waals surface area contributed by atoms with Crippen molar-refractivity contribution in [3.63, 3.8) is 0 Å². The molecule has 0 spiro atoms. The van der Waals surface area contributed by atoms with Crippen LogP contribution in [0, 0.1) is 5.41 Å². The fraction of sp³-hybridized carbons (Fsp3) is 0.538. The summed E-state index contributed by atoms with van der Waals surface area (Å²) in [4.78, 5) is 0. The maximum absolute atomic E-state index is 9.37. The molecule has 4 heteroatoms. The quantitative estimate of drug-likeness (QED) is 0.850. The Hall–Kier alpha value is -0.930. The molecule has 94 valence electrons. The fourth-order valence-corrected chi connectivity index (χ4v) is 2.35. The van der Waals surface area contributed by atoms with Gasteiger partial charge < -0.3 is 15.2 Å². The van der Waals surface area contributed by atoms with Crippen LogP contribution in [0.5, 0.6) is 5.75 Å². The minimum Gasteiger partial charge on any atom is -0.497 e. The third-order valence-corrected chi connectivity index (χ3v) is 3.89. The van der Waals surface area contributed by atoms with Crippen molar-refractivity contribution < 1.29 is 9.84 Å². The van der Waals surface area contributed by atoms with Gasteiger partial charge in [0.2, 0.25) is 0 Å². The van der Waals surface area contributed by atoms with Gasteiger partial charge in [0.05, 0.1) is 24.4 Å². The van der Waals surface area contributed by atoms with E-state index in [1.54, 1.807) is 13.2 Å². The highest BCUT2D eigenvalue weighted by Crippen LogP contribution is 2.40. The Morgan fingerprint density at radius 2 is 2.24 bits per heavy atom. The van der Waals surface area contributed by atoms with Crippen molar-refractivity contribution in [1.29, 1.82) is 0 Å². The summed E-state index contributed by atoms with van der Waals surface area (Å²) in [6, 6.07) is 5.57. The van der Waals surface area contributed by atoms with Gasteiger partial charge in [-0.2, -0.15) is 0 Å². The van der Waals surface area contributed by atoms with Gasteiger partial charge in [-0.3, -0.25) is 0 Å². The maximum atomic E-state index is 9.37. The lowest BCUT2D eigenvalue weighted by molar-refractivity contribution is 0.0576. The largest absolute Gasteiger partial charge is 0.497 e. The molecule has 0 unspecified atom stereocenters. The predicted octanol–water partition coefficient (Wildman–Crippen LogP) is 2.92. The number of benzene rings is 1. The van der Waals surface area contributed by atoms with Crippen molar-refractivity contribution in [2.24, 2.45) is 5.41 Å². The first kappa shape index (κ1) is 12.5. The number of aliphatic hydroxyl groups is 1. The Kier molecular flexibility index (Phi) is 3.79. The third-order valence-electron chi connectivity index (χ3n) is 3.58. The van der Waals surface area contributed by atoms with Gasteiger partial charge in [0, 0.05) is 18.0 Å². The summed E-state index contributed by atoms with van der Waals surface area (Å²) in [5.41, 5.74) is 0.954.